The van der Waals surface area contributed by atoms with Gasteiger partial charge in [-0.2, -0.15) is 0 Å². The lowest BCUT2D eigenvalue weighted by molar-refractivity contribution is -0.00000163. The quantitative estimate of drug-likeness (QED) is 0.349. The van der Waals surface area contributed by atoms with Crippen LogP contribution in [0.3, 0.4) is 0 Å². The molecule has 0 saturated heterocycles. The maximum atomic E-state index is 5.03. The molecule has 0 spiro atoms. The van der Waals surface area contributed by atoms with Crippen molar-refractivity contribution in [1.82, 2.24) is 0 Å². The van der Waals surface area contributed by atoms with E-state index in [9.17, 15) is 0 Å². The lowest BCUT2D eigenvalue weighted by Crippen LogP contribution is -3.00. The van der Waals surface area contributed by atoms with Gasteiger partial charge < -0.3 is 17.0 Å². The van der Waals surface area contributed by atoms with Crippen LogP contribution in [0.5, 0.6) is 0 Å². The summed E-state index contributed by atoms with van der Waals surface area (Å²) in [7, 11) is 0.542. The molecule has 0 bridgehead atoms. The predicted octanol–water partition coefficient (Wildman–Crippen LogP) is -2.11. The fourth-order valence-electron chi connectivity index (χ4n) is 0.263. The third-order valence-corrected chi connectivity index (χ3v) is 1.68. The number of terminal acetylenes is 1. The molecule has 0 aliphatic carbocycles. The smallest absolute Gasteiger partial charge is 0.118 e. The van der Waals surface area contributed by atoms with Crippen molar-refractivity contribution in [2.45, 2.75) is 6.42 Å². The van der Waals surface area contributed by atoms with Crippen LogP contribution in [0.25, 0.3) is 0 Å². The Balaban J connectivity index is 0. The van der Waals surface area contributed by atoms with Crippen LogP contribution in [-0.4, -0.2) is 18.3 Å². The Morgan fingerprint density at radius 2 is 2.00 bits per heavy atom. The van der Waals surface area contributed by atoms with Crippen LogP contribution in [0.4, 0.5) is 0 Å². The molecule has 0 saturated carbocycles. The minimum absolute atomic E-state index is 0. The van der Waals surface area contributed by atoms with E-state index >= 15 is 0 Å². The van der Waals surface area contributed by atoms with Crippen LogP contribution >= 0.6 is 0 Å². The van der Waals surface area contributed by atoms with Crippen LogP contribution in [-0.2, 0) is 10.9 Å². The second kappa shape index (κ2) is 7.39. The molecule has 0 radical (unpaired) electrons. The van der Waals surface area contributed by atoms with Crippen molar-refractivity contribution in [3.8, 4) is 12.3 Å². The van der Waals surface area contributed by atoms with Crippen molar-refractivity contribution < 1.29 is 17.0 Å². The largest absolute Gasteiger partial charge is 1.00 e. The summed E-state index contributed by atoms with van der Waals surface area (Å²) in [6.07, 6.45) is 10.4. The van der Waals surface area contributed by atoms with Crippen molar-refractivity contribution >= 4 is 10.9 Å². The average molecular weight is 195 g/mol. The summed E-state index contributed by atoms with van der Waals surface area (Å²) >= 11 is 0. The van der Waals surface area contributed by atoms with Crippen LogP contribution in [0.15, 0.2) is 0 Å². The van der Waals surface area contributed by atoms with Gasteiger partial charge in [-0.3, -0.25) is 0 Å². The van der Waals surface area contributed by atoms with Crippen molar-refractivity contribution in [2.75, 3.05) is 18.3 Å². The molecule has 0 amide bonds. The maximum absolute atomic E-state index is 5.03. The summed E-state index contributed by atoms with van der Waals surface area (Å²) in [6.45, 7) is 0. The van der Waals surface area contributed by atoms with Gasteiger partial charge in [-0.05, 0) is 10.9 Å². The van der Waals surface area contributed by atoms with E-state index in [0.717, 1.165) is 6.42 Å². The Hall–Kier alpha value is 0.390. The molecule has 0 aliphatic heterocycles. The highest BCUT2D eigenvalue weighted by Gasteiger charge is 1.96. The van der Waals surface area contributed by atoms with E-state index < -0.39 is 0 Å². The molecule has 0 rings (SSSR count). The molecule has 2 heteroatoms. The highest BCUT2D eigenvalue weighted by atomic mass is 79.9. The molecule has 0 aromatic heterocycles. The lowest BCUT2D eigenvalue weighted by Gasteiger charge is -1.87. The molecule has 0 fully saturated rings. The van der Waals surface area contributed by atoms with Gasteiger partial charge in [0.25, 0.3) is 0 Å². The van der Waals surface area contributed by atoms with E-state index in [4.69, 9.17) is 6.42 Å². The van der Waals surface area contributed by atoms with Gasteiger partial charge in [-0.15, -0.1) is 12.3 Å². The predicted molar refractivity (Wildman–Crippen MR) is 37.5 cm³/mol. The second-order valence-electron chi connectivity index (χ2n) is 1.64. The molecule has 0 aliphatic rings. The fraction of sp³-hybridized carbons (Fsp3) is 0.667. The summed E-state index contributed by atoms with van der Waals surface area (Å²) in [5.41, 5.74) is 0. The molecular weight excluding hydrogens is 184 g/mol. The lowest BCUT2D eigenvalue weighted by atomic mass is 10.5. The standard InChI is InChI=1S/C6H11S.BrH/c1-4-5-6-7(2)3;/h1H,5-6H2,2-3H3;1H/q+1;/p-1. The van der Waals surface area contributed by atoms with Crippen LogP contribution in [0.2, 0.25) is 0 Å². The van der Waals surface area contributed by atoms with E-state index in [0.29, 0.717) is 10.9 Å². The third-order valence-electron chi connectivity index (χ3n) is 0.655. The summed E-state index contributed by atoms with van der Waals surface area (Å²) < 4.78 is 0. The Kier molecular flexibility index (Phi) is 10.4. The maximum Gasteiger partial charge on any atom is 0.118 e. The molecular formula is C6H11BrS. The van der Waals surface area contributed by atoms with Crippen LogP contribution in [0.1, 0.15) is 6.42 Å². The first kappa shape index (κ1) is 11.2. The van der Waals surface area contributed by atoms with Crippen molar-refractivity contribution in [3.63, 3.8) is 0 Å². The van der Waals surface area contributed by atoms with Crippen LogP contribution in [0, 0.1) is 12.3 Å². The minimum atomic E-state index is 0. The van der Waals surface area contributed by atoms with Crippen molar-refractivity contribution in [3.05, 3.63) is 0 Å². The van der Waals surface area contributed by atoms with Gasteiger partial charge in [0.2, 0.25) is 0 Å². The molecule has 0 aromatic carbocycles. The van der Waals surface area contributed by atoms with Gasteiger partial charge in [-0.1, -0.05) is 0 Å². The van der Waals surface area contributed by atoms with E-state index in [1.807, 2.05) is 0 Å². The van der Waals surface area contributed by atoms with Crippen molar-refractivity contribution in [2.24, 2.45) is 0 Å². The minimum Gasteiger partial charge on any atom is -1.00 e. The normalized spacial score (nSPS) is 7.75. The Bertz CT molecular complexity index is 73.1. The fourth-order valence-corrected chi connectivity index (χ4v) is 0.789. The molecule has 48 valence electrons. The molecule has 8 heavy (non-hydrogen) atoms. The zero-order valence-electron chi connectivity index (χ0n) is 5.28. The van der Waals surface area contributed by atoms with E-state index in [2.05, 4.69) is 18.4 Å². The molecule has 0 aromatic rings. The first-order valence-corrected chi connectivity index (χ1v) is 4.46. The summed E-state index contributed by atoms with van der Waals surface area (Å²) in [4.78, 5) is 0. The molecule has 0 unspecified atom stereocenters. The van der Waals surface area contributed by atoms with E-state index in [1.54, 1.807) is 0 Å². The third kappa shape index (κ3) is 9.63. The van der Waals surface area contributed by atoms with Gasteiger partial charge in [0.1, 0.15) is 5.75 Å². The first-order valence-electron chi connectivity index (χ1n) is 2.25. The van der Waals surface area contributed by atoms with Gasteiger partial charge in [-0.25, -0.2) is 0 Å². The van der Waals surface area contributed by atoms with E-state index in [1.165, 1.54) is 5.75 Å². The zero-order chi connectivity index (χ0) is 5.70. The van der Waals surface area contributed by atoms with E-state index in [-0.39, 0.29) is 17.0 Å². The van der Waals surface area contributed by atoms with Gasteiger partial charge in [0.15, 0.2) is 0 Å². The summed E-state index contributed by atoms with van der Waals surface area (Å²) in [6, 6.07) is 0. The molecule has 0 atom stereocenters. The number of rotatable bonds is 2. The monoisotopic (exact) mass is 194 g/mol. The SMILES string of the molecule is C#CCC[S+](C)C.[Br-]. The first-order chi connectivity index (χ1) is 3.27. The Morgan fingerprint density at radius 1 is 1.50 bits per heavy atom. The number of hydrogen-bond donors (Lipinski definition) is 0. The van der Waals surface area contributed by atoms with Gasteiger partial charge >= 0.3 is 0 Å². The average Bonchev–Trinajstić information content (AvgIpc) is 1.61. The second-order valence-corrected chi connectivity index (χ2v) is 4.02. The molecule has 0 nitrogen and oxygen atoms in total. The van der Waals surface area contributed by atoms with Gasteiger partial charge in [0.05, 0.1) is 18.9 Å². The number of halogens is 1. The van der Waals surface area contributed by atoms with Gasteiger partial charge in [0, 0.05) is 0 Å². The molecule has 0 N–H and O–H groups in total. The summed E-state index contributed by atoms with van der Waals surface area (Å²) in [5, 5.41) is 0. The van der Waals surface area contributed by atoms with Crippen molar-refractivity contribution in [1.29, 1.82) is 0 Å². The number of hydrogen-bond acceptors (Lipinski definition) is 0. The highest BCUT2D eigenvalue weighted by Crippen LogP contribution is 1.85. The summed E-state index contributed by atoms with van der Waals surface area (Å²) in [5.74, 6) is 3.80. The van der Waals surface area contributed by atoms with Crippen LogP contribution < -0.4 is 17.0 Å². The highest BCUT2D eigenvalue weighted by molar-refractivity contribution is 7.95. The zero-order valence-corrected chi connectivity index (χ0v) is 7.68. The Labute approximate surface area is 65.2 Å². The Morgan fingerprint density at radius 3 is 2.12 bits per heavy atom. The molecule has 0 heterocycles. The topological polar surface area (TPSA) is 0 Å².